The van der Waals surface area contributed by atoms with Crippen molar-refractivity contribution in [2.75, 3.05) is 6.54 Å². The molecule has 0 bridgehead atoms. The van der Waals surface area contributed by atoms with E-state index < -0.39 is 5.60 Å². The van der Waals surface area contributed by atoms with Gasteiger partial charge in [-0.1, -0.05) is 49.9 Å². The SMILES string of the molecule is NC1CC(NCC2(O)CCCCCC2)c2ccccc21. The smallest absolute Gasteiger partial charge is 0.0771 e. The fourth-order valence-corrected chi connectivity index (χ4v) is 3.74. The lowest BCUT2D eigenvalue weighted by Gasteiger charge is -2.29. The summed E-state index contributed by atoms with van der Waals surface area (Å²) >= 11 is 0. The van der Waals surface area contributed by atoms with Crippen LogP contribution in [0.4, 0.5) is 0 Å². The maximum atomic E-state index is 10.7. The van der Waals surface area contributed by atoms with Gasteiger partial charge in [-0.3, -0.25) is 0 Å². The molecule has 20 heavy (non-hydrogen) atoms. The van der Waals surface area contributed by atoms with Crippen LogP contribution in [0, 0.1) is 0 Å². The first-order valence-electron chi connectivity index (χ1n) is 7.98. The topological polar surface area (TPSA) is 58.3 Å². The standard InChI is InChI=1S/C17H26N2O/c18-15-11-16(14-8-4-3-7-13(14)15)19-12-17(20)9-5-1-2-6-10-17/h3-4,7-8,15-16,19-20H,1-2,5-6,9-12,18H2. The summed E-state index contributed by atoms with van der Waals surface area (Å²) in [7, 11) is 0. The summed E-state index contributed by atoms with van der Waals surface area (Å²) in [5, 5.41) is 14.3. The highest BCUT2D eigenvalue weighted by Crippen LogP contribution is 2.37. The first-order valence-corrected chi connectivity index (χ1v) is 7.98. The molecule has 2 unspecified atom stereocenters. The molecule has 4 N–H and O–H groups in total. The van der Waals surface area contributed by atoms with E-state index in [0.29, 0.717) is 12.6 Å². The number of hydrogen-bond acceptors (Lipinski definition) is 3. The number of nitrogens with two attached hydrogens (primary N) is 1. The van der Waals surface area contributed by atoms with Gasteiger partial charge in [0.05, 0.1) is 5.60 Å². The summed E-state index contributed by atoms with van der Waals surface area (Å²) in [4.78, 5) is 0. The summed E-state index contributed by atoms with van der Waals surface area (Å²) in [5.74, 6) is 0. The van der Waals surface area contributed by atoms with E-state index in [1.165, 1.54) is 24.0 Å². The lowest BCUT2D eigenvalue weighted by atomic mass is 9.94. The van der Waals surface area contributed by atoms with Gasteiger partial charge in [0, 0.05) is 18.6 Å². The van der Waals surface area contributed by atoms with E-state index in [1.807, 2.05) is 0 Å². The normalized spacial score (nSPS) is 28.9. The fraction of sp³-hybridized carbons (Fsp3) is 0.647. The molecular weight excluding hydrogens is 248 g/mol. The molecule has 0 saturated heterocycles. The quantitative estimate of drug-likeness (QED) is 0.743. The molecule has 1 aromatic rings. The number of nitrogens with one attached hydrogen (secondary N) is 1. The van der Waals surface area contributed by atoms with Gasteiger partial charge in [0.1, 0.15) is 0 Å². The van der Waals surface area contributed by atoms with Crippen molar-refractivity contribution in [1.82, 2.24) is 5.32 Å². The van der Waals surface area contributed by atoms with Gasteiger partial charge in [-0.05, 0) is 30.4 Å². The van der Waals surface area contributed by atoms with Gasteiger partial charge in [0.2, 0.25) is 0 Å². The molecule has 3 rings (SSSR count). The Bertz CT molecular complexity index is 452. The lowest BCUT2D eigenvalue weighted by molar-refractivity contribution is 0.0226. The van der Waals surface area contributed by atoms with Crippen LogP contribution in [0.3, 0.4) is 0 Å². The minimum absolute atomic E-state index is 0.132. The Balaban J connectivity index is 1.64. The lowest BCUT2D eigenvalue weighted by Crippen LogP contribution is -2.41. The Morgan fingerprint density at radius 1 is 1.10 bits per heavy atom. The Morgan fingerprint density at radius 3 is 2.45 bits per heavy atom. The predicted molar refractivity (Wildman–Crippen MR) is 81.4 cm³/mol. The zero-order valence-corrected chi connectivity index (χ0v) is 12.1. The summed E-state index contributed by atoms with van der Waals surface area (Å²) < 4.78 is 0. The largest absolute Gasteiger partial charge is 0.389 e. The first-order chi connectivity index (χ1) is 9.68. The molecule has 0 spiro atoms. The zero-order chi connectivity index (χ0) is 14.0. The number of hydrogen-bond donors (Lipinski definition) is 3. The van der Waals surface area contributed by atoms with E-state index in [9.17, 15) is 5.11 Å². The van der Waals surface area contributed by atoms with Gasteiger partial charge in [-0.15, -0.1) is 0 Å². The van der Waals surface area contributed by atoms with Gasteiger partial charge in [-0.2, -0.15) is 0 Å². The second-order valence-electron chi connectivity index (χ2n) is 6.54. The maximum absolute atomic E-state index is 10.7. The second-order valence-corrected chi connectivity index (χ2v) is 6.54. The maximum Gasteiger partial charge on any atom is 0.0771 e. The minimum Gasteiger partial charge on any atom is -0.389 e. The molecule has 2 aliphatic carbocycles. The van der Waals surface area contributed by atoms with Crippen LogP contribution in [-0.4, -0.2) is 17.3 Å². The van der Waals surface area contributed by atoms with Crippen molar-refractivity contribution < 1.29 is 5.11 Å². The number of rotatable bonds is 3. The van der Waals surface area contributed by atoms with Gasteiger partial charge in [0.25, 0.3) is 0 Å². The molecule has 0 radical (unpaired) electrons. The van der Waals surface area contributed by atoms with Gasteiger partial charge < -0.3 is 16.2 Å². The van der Waals surface area contributed by atoms with Crippen LogP contribution in [0.5, 0.6) is 0 Å². The average molecular weight is 274 g/mol. The van der Waals surface area contributed by atoms with Gasteiger partial charge in [-0.25, -0.2) is 0 Å². The van der Waals surface area contributed by atoms with E-state index in [4.69, 9.17) is 5.73 Å². The van der Waals surface area contributed by atoms with E-state index in [0.717, 1.165) is 32.1 Å². The van der Waals surface area contributed by atoms with Crippen LogP contribution < -0.4 is 11.1 Å². The summed E-state index contributed by atoms with van der Waals surface area (Å²) in [5.41, 5.74) is 8.26. The molecule has 0 aromatic heterocycles. The van der Waals surface area contributed by atoms with Crippen molar-refractivity contribution in [3.05, 3.63) is 35.4 Å². The molecule has 110 valence electrons. The Morgan fingerprint density at radius 2 is 1.75 bits per heavy atom. The van der Waals surface area contributed by atoms with Gasteiger partial charge >= 0.3 is 0 Å². The minimum atomic E-state index is -0.516. The second kappa shape index (κ2) is 5.84. The molecule has 0 heterocycles. The van der Waals surface area contributed by atoms with Crippen molar-refractivity contribution in [2.24, 2.45) is 5.73 Å². The first kappa shape index (κ1) is 14.1. The third kappa shape index (κ3) is 2.90. The Hall–Kier alpha value is -0.900. The monoisotopic (exact) mass is 274 g/mol. The van der Waals surface area contributed by atoms with Crippen molar-refractivity contribution >= 4 is 0 Å². The van der Waals surface area contributed by atoms with Crippen LogP contribution in [0.1, 0.15) is 68.2 Å². The predicted octanol–water partition coefficient (Wildman–Crippen LogP) is 2.81. The molecular formula is C17H26N2O. The van der Waals surface area contributed by atoms with E-state index >= 15 is 0 Å². The molecule has 1 aromatic carbocycles. The van der Waals surface area contributed by atoms with Crippen LogP contribution in [0.25, 0.3) is 0 Å². The van der Waals surface area contributed by atoms with Crippen LogP contribution >= 0.6 is 0 Å². The summed E-state index contributed by atoms with van der Waals surface area (Å²) in [6, 6.07) is 8.85. The van der Waals surface area contributed by atoms with Crippen LogP contribution in [0.2, 0.25) is 0 Å². The Kier molecular flexibility index (Phi) is 4.11. The third-order valence-corrected chi connectivity index (χ3v) is 4.97. The third-order valence-electron chi connectivity index (χ3n) is 4.97. The molecule has 2 atom stereocenters. The highest BCUT2D eigenvalue weighted by atomic mass is 16.3. The van der Waals surface area contributed by atoms with Crippen molar-refractivity contribution in [3.63, 3.8) is 0 Å². The zero-order valence-electron chi connectivity index (χ0n) is 12.1. The van der Waals surface area contributed by atoms with Gasteiger partial charge in [0.15, 0.2) is 0 Å². The van der Waals surface area contributed by atoms with E-state index in [1.54, 1.807) is 0 Å². The van der Waals surface area contributed by atoms with Crippen LogP contribution in [0.15, 0.2) is 24.3 Å². The van der Waals surface area contributed by atoms with Crippen molar-refractivity contribution in [1.29, 1.82) is 0 Å². The number of aliphatic hydroxyl groups is 1. The van der Waals surface area contributed by atoms with Crippen molar-refractivity contribution in [2.45, 2.75) is 62.6 Å². The van der Waals surface area contributed by atoms with E-state index in [2.05, 4.69) is 29.6 Å². The molecule has 0 aliphatic heterocycles. The fourth-order valence-electron chi connectivity index (χ4n) is 3.74. The van der Waals surface area contributed by atoms with E-state index in [-0.39, 0.29) is 6.04 Å². The molecule has 3 nitrogen and oxygen atoms in total. The molecule has 2 aliphatic rings. The molecule has 1 saturated carbocycles. The molecule has 0 amide bonds. The van der Waals surface area contributed by atoms with Crippen molar-refractivity contribution in [3.8, 4) is 0 Å². The molecule has 3 heteroatoms. The highest BCUT2D eigenvalue weighted by Gasteiger charge is 2.32. The Labute approximate surface area is 121 Å². The highest BCUT2D eigenvalue weighted by molar-refractivity contribution is 5.37. The summed E-state index contributed by atoms with van der Waals surface area (Å²) in [6.07, 6.45) is 7.63. The molecule has 1 fully saturated rings. The number of benzene rings is 1. The summed E-state index contributed by atoms with van der Waals surface area (Å²) in [6.45, 7) is 0.693. The van der Waals surface area contributed by atoms with Crippen LogP contribution in [-0.2, 0) is 0 Å². The number of fused-ring (bicyclic) bond motifs is 1. The average Bonchev–Trinajstić information content (AvgIpc) is 2.63.